The number of carbonyl (C=O) groups is 1. The van der Waals surface area contributed by atoms with Crippen LogP contribution in [0, 0.1) is 5.92 Å². The van der Waals surface area contributed by atoms with Crippen molar-refractivity contribution < 1.29 is 14.3 Å². The minimum Gasteiger partial charge on any atom is -0.497 e. The molecule has 106 valence electrons. The fraction of sp³-hybridized carbons (Fsp3) is 0.438. The highest BCUT2D eigenvalue weighted by atomic mass is 16.5. The van der Waals surface area contributed by atoms with Gasteiger partial charge >= 0.3 is 0 Å². The highest BCUT2D eigenvalue weighted by Gasteiger charge is 2.34. The summed E-state index contributed by atoms with van der Waals surface area (Å²) in [7, 11) is 1.63. The molecule has 0 spiro atoms. The Kier molecular flexibility index (Phi) is 3.49. The molecule has 4 nitrogen and oxygen atoms in total. The standard InChI is InChI=1S/C16H19NO3/c1-3-15-11(6-7-20-15)16(18)13-9-17-14-5-4-10(19-2)8-12(13)14/h4-5,8-9,11,15,17H,3,6-7H2,1-2H3. The molecule has 1 fully saturated rings. The molecule has 2 unspecified atom stereocenters. The molecule has 2 aromatic rings. The quantitative estimate of drug-likeness (QED) is 0.870. The predicted molar refractivity (Wildman–Crippen MR) is 77.3 cm³/mol. The number of methoxy groups -OCH3 is 1. The molecule has 0 radical (unpaired) electrons. The highest BCUT2D eigenvalue weighted by Crippen LogP contribution is 2.31. The minimum atomic E-state index is -0.0230. The monoisotopic (exact) mass is 273 g/mol. The van der Waals surface area contributed by atoms with Crippen LogP contribution in [0.1, 0.15) is 30.1 Å². The fourth-order valence-corrected chi connectivity index (χ4v) is 2.98. The maximum absolute atomic E-state index is 12.8. The number of hydrogen-bond acceptors (Lipinski definition) is 3. The van der Waals surface area contributed by atoms with Crippen molar-refractivity contribution in [3.63, 3.8) is 0 Å². The molecule has 0 bridgehead atoms. The Labute approximate surface area is 118 Å². The third-order valence-corrected chi connectivity index (χ3v) is 4.10. The molecule has 3 rings (SSSR count). The lowest BCUT2D eigenvalue weighted by Crippen LogP contribution is -2.23. The summed E-state index contributed by atoms with van der Waals surface area (Å²) < 4.78 is 10.9. The van der Waals surface area contributed by atoms with E-state index in [1.54, 1.807) is 13.3 Å². The van der Waals surface area contributed by atoms with Crippen LogP contribution < -0.4 is 4.74 Å². The van der Waals surface area contributed by atoms with Gasteiger partial charge in [0.1, 0.15) is 5.75 Å². The molecule has 0 saturated carbocycles. The van der Waals surface area contributed by atoms with E-state index in [9.17, 15) is 4.79 Å². The Bertz CT molecular complexity index is 632. The second kappa shape index (κ2) is 5.29. The van der Waals surface area contributed by atoms with Crippen molar-refractivity contribution in [1.29, 1.82) is 0 Å². The molecule has 0 aliphatic carbocycles. The topological polar surface area (TPSA) is 51.3 Å². The van der Waals surface area contributed by atoms with Gasteiger partial charge in [-0.3, -0.25) is 4.79 Å². The number of aromatic amines is 1. The van der Waals surface area contributed by atoms with E-state index < -0.39 is 0 Å². The minimum absolute atomic E-state index is 0.0230. The maximum Gasteiger partial charge on any atom is 0.170 e. The molecule has 4 heteroatoms. The van der Waals surface area contributed by atoms with Gasteiger partial charge in [0.05, 0.1) is 19.1 Å². The Morgan fingerprint density at radius 2 is 2.35 bits per heavy atom. The molecular weight excluding hydrogens is 254 g/mol. The molecule has 0 amide bonds. The molecule has 1 N–H and O–H groups in total. The van der Waals surface area contributed by atoms with Crippen LogP contribution in [0.3, 0.4) is 0 Å². The smallest absolute Gasteiger partial charge is 0.170 e. The molecule has 1 aromatic carbocycles. The number of Topliss-reactive ketones (excluding diaryl/α,β-unsaturated/α-hetero) is 1. The molecule has 2 atom stereocenters. The number of nitrogens with one attached hydrogen (secondary N) is 1. The first-order valence-corrected chi connectivity index (χ1v) is 7.05. The fourth-order valence-electron chi connectivity index (χ4n) is 2.98. The van der Waals surface area contributed by atoms with Crippen LogP contribution in [-0.2, 0) is 4.74 Å². The summed E-state index contributed by atoms with van der Waals surface area (Å²) in [5.74, 6) is 0.917. The molecule has 1 aromatic heterocycles. The first kappa shape index (κ1) is 13.2. The summed E-state index contributed by atoms with van der Waals surface area (Å²) in [5.41, 5.74) is 1.70. The largest absolute Gasteiger partial charge is 0.497 e. The number of H-pyrrole nitrogens is 1. The predicted octanol–water partition coefficient (Wildman–Crippen LogP) is 3.17. The Hall–Kier alpha value is -1.81. The van der Waals surface area contributed by atoms with E-state index in [0.29, 0.717) is 6.61 Å². The number of ketones is 1. The van der Waals surface area contributed by atoms with Crippen molar-refractivity contribution in [3.05, 3.63) is 30.0 Å². The van der Waals surface area contributed by atoms with E-state index in [1.807, 2.05) is 18.2 Å². The van der Waals surface area contributed by atoms with Crippen LogP contribution in [0.15, 0.2) is 24.4 Å². The van der Waals surface area contributed by atoms with Crippen LogP contribution in [-0.4, -0.2) is 30.6 Å². The van der Waals surface area contributed by atoms with E-state index in [1.165, 1.54) is 0 Å². The van der Waals surface area contributed by atoms with Gasteiger partial charge in [-0.25, -0.2) is 0 Å². The lowest BCUT2D eigenvalue weighted by molar-refractivity contribution is 0.0690. The molecule has 1 aliphatic heterocycles. The van der Waals surface area contributed by atoms with E-state index >= 15 is 0 Å². The number of benzene rings is 1. The molecular formula is C16H19NO3. The van der Waals surface area contributed by atoms with Crippen molar-refractivity contribution >= 4 is 16.7 Å². The lowest BCUT2D eigenvalue weighted by atomic mass is 9.90. The van der Waals surface area contributed by atoms with Gasteiger partial charge in [0, 0.05) is 29.3 Å². The zero-order valence-electron chi connectivity index (χ0n) is 11.8. The number of hydrogen-bond donors (Lipinski definition) is 1. The van der Waals surface area contributed by atoms with Gasteiger partial charge in [0.15, 0.2) is 5.78 Å². The average molecular weight is 273 g/mol. The number of fused-ring (bicyclic) bond motifs is 1. The van der Waals surface area contributed by atoms with Crippen molar-refractivity contribution in [2.24, 2.45) is 5.92 Å². The summed E-state index contributed by atoms with van der Waals surface area (Å²) in [5, 5.41) is 0.927. The Balaban J connectivity index is 1.99. The maximum atomic E-state index is 12.8. The van der Waals surface area contributed by atoms with Crippen LogP contribution in [0.2, 0.25) is 0 Å². The van der Waals surface area contributed by atoms with E-state index in [-0.39, 0.29) is 17.8 Å². The second-order valence-electron chi connectivity index (χ2n) is 5.19. The lowest BCUT2D eigenvalue weighted by Gasteiger charge is -2.15. The van der Waals surface area contributed by atoms with Crippen LogP contribution >= 0.6 is 0 Å². The zero-order valence-corrected chi connectivity index (χ0v) is 11.8. The zero-order chi connectivity index (χ0) is 14.1. The summed E-state index contributed by atoms with van der Waals surface area (Å²) >= 11 is 0. The summed E-state index contributed by atoms with van der Waals surface area (Å²) in [4.78, 5) is 15.9. The van der Waals surface area contributed by atoms with Gasteiger partial charge in [-0.2, -0.15) is 0 Å². The van der Waals surface area contributed by atoms with Gasteiger partial charge in [-0.05, 0) is 31.0 Å². The van der Waals surface area contributed by atoms with Gasteiger partial charge in [-0.1, -0.05) is 6.92 Å². The number of aromatic nitrogens is 1. The highest BCUT2D eigenvalue weighted by molar-refractivity contribution is 6.09. The average Bonchev–Trinajstić information content (AvgIpc) is 3.12. The van der Waals surface area contributed by atoms with E-state index in [2.05, 4.69) is 11.9 Å². The SMILES string of the molecule is CCC1OCCC1C(=O)c1c[nH]c2ccc(OC)cc12. The number of rotatable bonds is 4. The van der Waals surface area contributed by atoms with Crippen LogP contribution in [0.4, 0.5) is 0 Å². The van der Waals surface area contributed by atoms with Gasteiger partial charge in [0.25, 0.3) is 0 Å². The number of ether oxygens (including phenoxy) is 2. The molecule has 2 heterocycles. The van der Waals surface area contributed by atoms with Crippen molar-refractivity contribution in [1.82, 2.24) is 4.98 Å². The normalized spacial score (nSPS) is 22.3. The third-order valence-electron chi connectivity index (χ3n) is 4.10. The summed E-state index contributed by atoms with van der Waals surface area (Å²) in [6.45, 7) is 2.75. The van der Waals surface area contributed by atoms with Gasteiger partial charge < -0.3 is 14.5 Å². The second-order valence-corrected chi connectivity index (χ2v) is 5.19. The first-order valence-electron chi connectivity index (χ1n) is 7.05. The first-order chi connectivity index (χ1) is 9.74. The van der Waals surface area contributed by atoms with Crippen molar-refractivity contribution in [2.75, 3.05) is 13.7 Å². The molecule has 20 heavy (non-hydrogen) atoms. The van der Waals surface area contributed by atoms with Crippen molar-refractivity contribution in [2.45, 2.75) is 25.9 Å². The third kappa shape index (κ3) is 2.10. The Morgan fingerprint density at radius 3 is 3.10 bits per heavy atom. The van der Waals surface area contributed by atoms with Crippen LogP contribution in [0.25, 0.3) is 10.9 Å². The molecule has 1 saturated heterocycles. The van der Waals surface area contributed by atoms with Crippen LogP contribution in [0.5, 0.6) is 5.75 Å². The summed E-state index contributed by atoms with van der Waals surface area (Å²) in [6, 6.07) is 5.74. The number of carbonyl (C=O) groups excluding carboxylic acids is 1. The van der Waals surface area contributed by atoms with E-state index in [4.69, 9.17) is 9.47 Å². The molecule has 1 aliphatic rings. The van der Waals surface area contributed by atoms with Gasteiger partial charge in [-0.15, -0.1) is 0 Å². The van der Waals surface area contributed by atoms with Crippen molar-refractivity contribution in [3.8, 4) is 5.75 Å². The van der Waals surface area contributed by atoms with Gasteiger partial charge in [0.2, 0.25) is 0 Å². The Morgan fingerprint density at radius 1 is 1.50 bits per heavy atom. The van der Waals surface area contributed by atoms with E-state index in [0.717, 1.165) is 35.1 Å². The summed E-state index contributed by atoms with van der Waals surface area (Å²) in [6.07, 6.45) is 3.55.